The van der Waals surface area contributed by atoms with Crippen molar-refractivity contribution < 1.29 is 15.0 Å². The van der Waals surface area contributed by atoms with Gasteiger partial charge in [-0.25, -0.2) is 0 Å². The van der Waals surface area contributed by atoms with Crippen LogP contribution in [0, 0.1) is 0 Å². The number of nitrogens with zero attached hydrogens (tertiary/aromatic N) is 1. The summed E-state index contributed by atoms with van der Waals surface area (Å²) < 4.78 is 13.6. The van der Waals surface area contributed by atoms with Crippen LogP contribution in [0.2, 0.25) is 0 Å². The molecule has 4 nitrogen and oxygen atoms in total. The van der Waals surface area contributed by atoms with Crippen molar-refractivity contribution >= 4 is 178 Å². The maximum atomic E-state index is 6.42. The monoisotopic (exact) mass is 1900 g/mol. The molecule has 2 heterocycles. The van der Waals surface area contributed by atoms with E-state index >= 15 is 0 Å². The predicted molar refractivity (Wildman–Crippen MR) is 578 cm³/mol. The van der Waals surface area contributed by atoms with Crippen LogP contribution in [0.4, 0.5) is 33.1 Å². The Balaban J connectivity index is 0.000000167. The molecule has 131 heavy (non-hydrogen) atoms. The number of hydrogen-bond donors (Lipinski definition) is 1. The normalized spacial score (nSPS) is 11.0. The number of halogens is 3. The second-order valence-electron chi connectivity index (χ2n) is 31.9. The molecule has 22 rings (SSSR count). The number of fused-ring (bicyclic) bond motifs is 6. The number of furan rings is 2. The molecule has 0 saturated carbocycles. The topological polar surface area (TPSA) is 41.6 Å². The third kappa shape index (κ3) is 18.4. The van der Waals surface area contributed by atoms with E-state index in [1.807, 2.05) is 36.4 Å². The van der Waals surface area contributed by atoms with Crippen LogP contribution >= 0.6 is 39.9 Å². The van der Waals surface area contributed by atoms with Crippen molar-refractivity contribution in [2.45, 2.75) is 7.43 Å². The summed E-state index contributed by atoms with van der Waals surface area (Å²) in [5, 5.41) is 19.2. The molecule has 20 aromatic carbocycles. The molecule has 0 aliphatic rings. The summed E-state index contributed by atoms with van der Waals surface area (Å²) in [5.74, 6) is 0. The van der Waals surface area contributed by atoms with Gasteiger partial charge in [-0.2, -0.15) is 0 Å². The highest BCUT2D eigenvalue weighted by Gasteiger charge is 2.43. The number of rotatable bonds is 19. The van der Waals surface area contributed by atoms with Gasteiger partial charge < -0.3 is 19.1 Å². The van der Waals surface area contributed by atoms with Crippen molar-refractivity contribution in [1.82, 2.24) is 0 Å². The first-order valence-corrected chi connectivity index (χ1v) is 48.0. The zero-order valence-corrected chi connectivity index (χ0v) is 77.1. The van der Waals surface area contributed by atoms with Gasteiger partial charge in [0.25, 0.3) is 0 Å². The van der Waals surface area contributed by atoms with Crippen molar-refractivity contribution in [2.75, 3.05) is 10.2 Å². The Morgan fingerprint density at radius 3 is 0.718 bits per heavy atom. The van der Waals surface area contributed by atoms with E-state index in [-0.39, 0.29) is 45.9 Å². The second-order valence-corrected chi connectivity index (χ2v) is 40.4. The first-order chi connectivity index (χ1) is 62.9. The summed E-state index contributed by atoms with van der Waals surface area (Å²) in [5.41, 5.74) is 23.2. The van der Waals surface area contributed by atoms with E-state index in [9.17, 15) is 0 Å². The molecule has 0 aliphatic heterocycles. The van der Waals surface area contributed by atoms with E-state index in [0.717, 1.165) is 88.3 Å². The molecular weight excluding hydrogens is 1810 g/mol. The molecule has 3 radical (unpaired) electrons. The Bertz CT molecular complexity index is 7260. The van der Waals surface area contributed by atoms with Crippen LogP contribution in [0.25, 0.3) is 111 Å². The lowest BCUT2D eigenvalue weighted by atomic mass is 10.0. The molecule has 22 aromatic rings. The van der Waals surface area contributed by atoms with E-state index in [4.69, 9.17) is 8.83 Å². The molecular formula is C121H95BBrFIN2O2Si2. The average molecular weight is 1900 g/mol. The van der Waals surface area contributed by atoms with Gasteiger partial charge in [0.1, 0.15) is 22.3 Å². The van der Waals surface area contributed by atoms with Crippen LogP contribution in [-0.4, -0.2) is 24.6 Å². The van der Waals surface area contributed by atoms with Gasteiger partial charge in [-0.05, 0) is 182 Å². The quantitative estimate of drug-likeness (QED) is 0.0498. The van der Waals surface area contributed by atoms with Gasteiger partial charge in [0.05, 0.1) is 0 Å². The lowest BCUT2D eigenvalue weighted by Crippen LogP contribution is -2.74. The van der Waals surface area contributed by atoms with Crippen molar-refractivity contribution in [3.8, 4) is 66.8 Å². The molecule has 0 saturated heterocycles. The summed E-state index contributed by atoms with van der Waals surface area (Å²) in [7, 11) is -5.12. The Morgan fingerprint density at radius 1 is 0.214 bits per heavy atom. The van der Waals surface area contributed by atoms with Crippen LogP contribution in [0.1, 0.15) is 8.85 Å². The van der Waals surface area contributed by atoms with Gasteiger partial charge in [0, 0.05) is 75.4 Å². The largest absolute Gasteiger partial charge is 0.455 e. The van der Waals surface area contributed by atoms with E-state index in [2.05, 4.69) is 511 Å². The lowest BCUT2D eigenvalue weighted by Gasteiger charge is -2.34. The highest BCUT2D eigenvalue weighted by Crippen LogP contribution is 2.42. The SMILES string of the molecule is Brc1ccc(-c2cccc3c2oc2ccccc23)cc1.C.F.I.[B].[HH].c1ccc(-c2ccc(N(c3ccc(-c4ccc([Si](c5ccccc5)(c5ccccc5)c5ccccc5)cc4)cc3)c3ccc(-c4cccc5c4oc4ccccc45)cc3)cc2)cc1.c1ccc(-c2ccc(Nc3ccc(-c4ccc([Si](c5ccccc5)(c5ccccc5)c5ccccc5)cc4)cc3)cc2)cc1. The third-order valence-corrected chi connectivity index (χ3v) is 34.6. The molecule has 0 atom stereocenters. The molecule has 633 valence electrons. The van der Waals surface area contributed by atoms with Crippen LogP contribution < -0.4 is 51.7 Å². The van der Waals surface area contributed by atoms with E-state index in [1.165, 1.54) is 96.8 Å². The molecule has 1 N–H and O–H groups in total. The van der Waals surface area contributed by atoms with Gasteiger partial charge >= 0.3 is 0 Å². The summed E-state index contributed by atoms with van der Waals surface area (Å²) in [6.45, 7) is 0. The molecule has 10 heteroatoms. The van der Waals surface area contributed by atoms with Crippen LogP contribution in [0.3, 0.4) is 0 Å². The first-order valence-electron chi connectivity index (χ1n) is 43.2. The molecule has 0 aliphatic carbocycles. The molecule has 0 bridgehead atoms. The summed E-state index contributed by atoms with van der Waals surface area (Å²) >= 11 is 3.47. The molecule has 0 unspecified atom stereocenters. The summed E-state index contributed by atoms with van der Waals surface area (Å²) in [4.78, 5) is 2.34. The number of benzene rings is 20. The minimum absolute atomic E-state index is 0. The van der Waals surface area contributed by atoms with Crippen LogP contribution in [0.15, 0.2) is 535 Å². The highest BCUT2D eigenvalue weighted by molar-refractivity contribution is 14.0. The molecule has 2 aromatic heterocycles. The smallest absolute Gasteiger partial charge is 0.179 e. The van der Waals surface area contributed by atoms with Crippen molar-refractivity contribution in [2.24, 2.45) is 0 Å². The van der Waals surface area contributed by atoms with Crippen molar-refractivity contribution in [3.05, 3.63) is 526 Å². The number of hydrogen-bond acceptors (Lipinski definition) is 4. The maximum absolute atomic E-state index is 6.42. The summed E-state index contributed by atoms with van der Waals surface area (Å²) in [6.07, 6.45) is 0. The van der Waals surface area contributed by atoms with Crippen LogP contribution in [-0.2, 0) is 0 Å². The summed E-state index contributed by atoms with van der Waals surface area (Å²) in [6, 6.07) is 188. The van der Waals surface area contributed by atoms with Gasteiger partial charge in [0.15, 0.2) is 16.1 Å². The van der Waals surface area contributed by atoms with Crippen molar-refractivity contribution in [3.63, 3.8) is 0 Å². The fraction of sp³-hybridized carbons (Fsp3) is 0.00826. The fourth-order valence-corrected chi connectivity index (χ4v) is 28.0. The zero-order valence-electron chi connectivity index (χ0n) is 71.2. The lowest BCUT2D eigenvalue weighted by molar-refractivity contribution is 0.669. The Hall–Kier alpha value is -14.8. The standard InChI is InChI=1S/C60H43NOSi.C42H33NSi.C18H11BrO.CH4.B.FH.HI.H2/c1-5-16-44(17-6-1)45-28-36-49(37-29-45)61(51-40-32-48(33-41-51)56-25-15-26-58-57-24-13-14-27-59(57)62-60(56)58)50-38-30-46(31-39-50)47-34-42-55(43-35-47)63(52-18-7-2-8-19-52,53-20-9-3-10-21-53)54-22-11-4-12-23-54;1-5-13-33(14-6-1)34-21-27-37(28-22-34)43-38-29-23-35(24-30-38)36-25-31-42(32-26-36)44(39-15-7-2-8-16-39,40-17-9-3-10-18-40)41-19-11-4-12-20-41;19-13-10-8-12(9-11-13)14-5-3-6-16-15-4-1-2-7-17(15)20-18(14)16;;;;;/h1-43H;1-32,43H;1-11H;1H4;;3*1H. The maximum Gasteiger partial charge on any atom is 0.179 e. The van der Waals surface area contributed by atoms with Crippen molar-refractivity contribution in [1.29, 1.82) is 0 Å². The second kappa shape index (κ2) is 41.1. The average Bonchev–Trinajstić information content (AvgIpc) is 0.876. The van der Waals surface area contributed by atoms with Gasteiger partial charge in [-0.15, -0.1) is 24.0 Å². The number of anilines is 5. The Labute approximate surface area is 797 Å². The number of para-hydroxylation sites is 4. The van der Waals surface area contributed by atoms with E-state index < -0.39 is 16.1 Å². The van der Waals surface area contributed by atoms with Gasteiger partial charge in [0.2, 0.25) is 0 Å². The Morgan fingerprint density at radius 2 is 0.427 bits per heavy atom. The number of nitrogens with one attached hydrogen (secondary N) is 1. The third-order valence-electron chi connectivity index (χ3n) is 24.5. The zero-order chi connectivity index (χ0) is 85.1. The fourth-order valence-electron chi connectivity index (χ4n) is 18.3. The van der Waals surface area contributed by atoms with E-state index in [0.29, 0.717) is 0 Å². The predicted octanol–water partition coefficient (Wildman–Crippen LogP) is 28.9. The van der Waals surface area contributed by atoms with Gasteiger partial charge in [-0.3, -0.25) is 4.70 Å². The molecule has 0 spiro atoms. The van der Waals surface area contributed by atoms with E-state index in [1.54, 1.807) is 0 Å². The first kappa shape index (κ1) is 89.6. The van der Waals surface area contributed by atoms with Crippen LogP contribution in [0.5, 0.6) is 0 Å². The highest BCUT2D eigenvalue weighted by atomic mass is 127. The molecule has 0 fully saturated rings. The van der Waals surface area contributed by atoms with Gasteiger partial charge in [-0.1, -0.05) is 460 Å². The molecule has 0 amide bonds. The minimum Gasteiger partial charge on any atom is -0.455 e. The minimum atomic E-state index is -2.61. The Kier molecular flexibility index (Phi) is 28.1.